The normalized spacial score (nSPS) is 16.6. The van der Waals surface area contributed by atoms with Crippen LogP contribution in [-0.2, 0) is 14.8 Å². The molecule has 9 heteroatoms. The molecule has 0 spiro atoms. The van der Waals surface area contributed by atoms with Crippen LogP contribution in [0.2, 0.25) is 0 Å². The first-order chi connectivity index (χ1) is 15.2. The van der Waals surface area contributed by atoms with Crippen LogP contribution in [0.15, 0.2) is 41.8 Å². The van der Waals surface area contributed by atoms with Crippen molar-refractivity contribution in [2.24, 2.45) is 5.92 Å². The third-order valence-corrected chi connectivity index (χ3v) is 7.61. The summed E-state index contributed by atoms with van der Waals surface area (Å²) in [6.45, 7) is 8.46. The Bertz CT molecular complexity index is 952. The summed E-state index contributed by atoms with van der Waals surface area (Å²) in [6.07, 6.45) is 2.30. The van der Waals surface area contributed by atoms with Crippen molar-refractivity contribution in [2.45, 2.75) is 45.8 Å². The van der Waals surface area contributed by atoms with E-state index in [-0.39, 0.29) is 12.1 Å². The standard InChI is InChI=1S/C23H33N3O4S2/c1-17(2)30-20-8-6-19(7-9-20)25-32(28,29)16-23(27)24-15-21(22-5-4-14-31-22)26-12-10-18(3)11-13-26/h4-9,14,17-18,21,25H,10-13,15-16H2,1-3H3,(H,24,27). The van der Waals surface area contributed by atoms with Gasteiger partial charge in [0, 0.05) is 17.1 Å². The minimum absolute atomic E-state index is 0.0348. The van der Waals surface area contributed by atoms with Crippen LogP contribution in [0.3, 0.4) is 0 Å². The molecule has 1 aliphatic rings. The molecule has 3 rings (SSSR count). The van der Waals surface area contributed by atoms with E-state index in [1.54, 1.807) is 35.6 Å². The van der Waals surface area contributed by atoms with Gasteiger partial charge in [-0.15, -0.1) is 11.3 Å². The lowest BCUT2D eigenvalue weighted by Crippen LogP contribution is -2.43. The van der Waals surface area contributed by atoms with Gasteiger partial charge < -0.3 is 10.1 Å². The van der Waals surface area contributed by atoms with Crippen LogP contribution >= 0.6 is 11.3 Å². The van der Waals surface area contributed by atoms with E-state index in [4.69, 9.17) is 4.74 Å². The highest BCUT2D eigenvalue weighted by molar-refractivity contribution is 7.93. The average Bonchev–Trinajstić information content (AvgIpc) is 3.24. The number of nitrogens with zero attached hydrogens (tertiary/aromatic N) is 1. The molecule has 2 N–H and O–H groups in total. The quantitative estimate of drug-likeness (QED) is 0.540. The minimum atomic E-state index is -3.82. The number of anilines is 1. The summed E-state index contributed by atoms with van der Waals surface area (Å²) >= 11 is 1.66. The molecule has 0 radical (unpaired) electrons. The number of hydrogen-bond acceptors (Lipinski definition) is 6. The number of benzene rings is 1. The first-order valence-corrected chi connectivity index (χ1v) is 13.6. The molecular formula is C23H33N3O4S2. The molecule has 176 valence electrons. The van der Waals surface area contributed by atoms with Crippen LogP contribution < -0.4 is 14.8 Å². The zero-order valence-corrected chi connectivity index (χ0v) is 20.5. The van der Waals surface area contributed by atoms with Crippen LogP contribution in [0.5, 0.6) is 5.75 Å². The molecule has 0 aliphatic carbocycles. The largest absolute Gasteiger partial charge is 0.491 e. The summed E-state index contributed by atoms with van der Waals surface area (Å²) in [5, 5.41) is 4.87. The molecule has 0 saturated carbocycles. The zero-order chi connectivity index (χ0) is 23.1. The highest BCUT2D eigenvalue weighted by atomic mass is 32.2. The number of piperidine rings is 1. The highest BCUT2D eigenvalue weighted by Crippen LogP contribution is 2.29. The molecule has 2 heterocycles. The topological polar surface area (TPSA) is 87.7 Å². The molecule has 1 amide bonds. The van der Waals surface area contributed by atoms with Crippen molar-refractivity contribution >= 4 is 33.0 Å². The van der Waals surface area contributed by atoms with E-state index in [1.165, 1.54) is 4.88 Å². The van der Waals surface area contributed by atoms with Crippen molar-refractivity contribution in [3.63, 3.8) is 0 Å². The van der Waals surface area contributed by atoms with E-state index < -0.39 is 21.7 Å². The van der Waals surface area contributed by atoms with Gasteiger partial charge in [0.05, 0.1) is 12.1 Å². The van der Waals surface area contributed by atoms with Crippen LogP contribution in [-0.4, -0.2) is 50.7 Å². The van der Waals surface area contributed by atoms with Crippen molar-refractivity contribution in [3.8, 4) is 5.75 Å². The smallest absolute Gasteiger partial charge is 0.241 e. The molecule has 1 atom stereocenters. The summed E-state index contributed by atoms with van der Waals surface area (Å²) < 4.78 is 33.0. The lowest BCUT2D eigenvalue weighted by atomic mass is 9.97. The molecule has 2 aromatic rings. The van der Waals surface area contributed by atoms with E-state index in [0.29, 0.717) is 23.9 Å². The fraction of sp³-hybridized carbons (Fsp3) is 0.522. The fourth-order valence-corrected chi connectivity index (χ4v) is 5.63. The summed E-state index contributed by atoms with van der Waals surface area (Å²) in [5.41, 5.74) is 0.396. The number of carbonyl (C=O) groups excluding carboxylic acids is 1. The summed E-state index contributed by atoms with van der Waals surface area (Å²) in [7, 11) is -3.82. The van der Waals surface area contributed by atoms with Crippen molar-refractivity contribution < 1.29 is 17.9 Å². The van der Waals surface area contributed by atoms with Gasteiger partial charge in [-0.05, 0) is 81.4 Å². The summed E-state index contributed by atoms with van der Waals surface area (Å²) in [4.78, 5) is 16.0. The van der Waals surface area contributed by atoms with Crippen LogP contribution in [0, 0.1) is 5.92 Å². The SMILES string of the molecule is CC1CCN(C(CNC(=O)CS(=O)(=O)Nc2ccc(OC(C)C)cc2)c2cccs2)CC1. The van der Waals surface area contributed by atoms with Crippen molar-refractivity contribution in [2.75, 3.05) is 30.1 Å². The lowest BCUT2D eigenvalue weighted by Gasteiger charge is -2.36. The maximum atomic E-state index is 12.5. The predicted octanol–water partition coefficient (Wildman–Crippen LogP) is 3.87. The number of carbonyl (C=O) groups is 1. The maximum absolute atomic E-state index is 12.5. The molecule has 7 nitrogen and oxygen atoms in total. The maximum Gasteiger partial charge on any atom is 0.241 e. The number of amides is 1. The number of ether oxygens (including phenoxy) is 1. The van der Waals surface area contributed by atoms with E-state index in [9.17, 15) is 13.2 Å². The lowest BCUT2D eigenvalue weighted by molar-refractivity contribution is -0.118. The molecule has 1 fully saturated rings. The number of sulfonamides is 1. The Morgan fingerprint density at radius 1 is 1.19 bits per heavy atom. The van der Waals surface area contributed by atoms with E-state index >= 15 is 0 Å². The first kappa shape index (κ1) is 24.5. The van der Waals surface area contributed by atoms with Crippen molar-refractivity contribution in [1.82, 2.24) is 10.2 Å². The second-order valence-electron chi connectivity index (χ2n) is 8.61. The van der Waals surface area contributed by atoms with Crippen LogP contribution in [0.1, 0.15) is 44.5 Å². The number of thiophene rings is 1. The Hall–Kier alpha value is -2.10. The molecule has 1 aromatic heterocycles. The Kier molecular flexibility index (Phi) is 8.56. The van der Waals surface area contributed by atoms with Gasteiger partial charge in [-0.25, -0.2) is 8.42 Å². The Balaban J connectivity index is 1.54. The van der Waals surface area contributed by atoms with Gasteiger partial charge in [0.15, 0.2) is 0 Å². The third kappa shape index (κ3) is 7.50. The monoisotopic (exact) mass is 479 g/mol. The van der Waals surface area contributed by atoms with Crippen molar-refractivity contribution in [1.29, 1.82) is 0 Å². The van der Waals surface area contributed by atoms with E-state index in [0.717, 1.165) is 25.9 Å². The Labute approximate surface area is 195 Å². The summed E-state index contributed by atoms with van der Waals surface area (Å²) in [6, 6.07) is 10.8. The van der Waals surface area contributed by atoms with E-state index in [2.05, 4.69) is 27.9 Å². The zero-order valence-electron chi connectivity index (χ0n) is 18.9. The first-order valence-electron chi connectivity index (χ1n) is 11.0. The second-order valence-corrected chi connectivity index (χ2v) is 11.3. The van der Waals surface area contributed by atoms with Gasteiger partial charge in [-0.1, -0.05) is 13.0 Å². The van der Waals surface area contributed by atoms with Gasteiger partial charge in [-0.3, -0.25) is 14.4 Å². The molecular weight excluding hydrogens is 446 g/mol. The average molecular weight is 480 g/mol. The molecule has 0 bridgehead atoms. The van der Waals surface area contributed by atoms with E-state index in [1.807, 2.05) is 25.3 Å². The number of rotatable bonds is 10. The van der Waals surface area contributed by atoms with Crippen molar-refractivity contribution in [3.05, 3.63) is 46.7 Å². The predicted molar refractivity (Wildman–Crippen MR) is 130 cm³/mol. The molecule has 32 heavy (non-hydrogen) atoms. The summed E-state index contributed by atoms with van der Waals surface area (Å²) in [5.74, 6) is 0.245. The van der Waals surface area contributed by atoms with Gasteiger partial charge in [-0.2, -0.15) is 0 Å². The Morgan fingerprint density at radius 2 is 1.88 bits per heavy atom. The fourth-order valence-electron chi connectivity index (χ4n) is 3.75. The minimum Gasteiger partial charge on any atom is -0.491 e. The van der Waals surface area contributed by atoms with Gasteiger partial charge in [0.1, 0.15) is 11.5 Å². The van der Waals surface area contributed by atoms with Gasteiger partial charge >= 0.3 is 0 Å². The number of hydrogen-bond donors (Lipinski definition) is 2. The van der Waals surface area contributed by atoms with Gasteiger partial charge in [0.25, 0.3) is 0 Å². The van der Waals surface area contributed by atoms with Gasteiger partial charge in [0.2, 0.25) is 15.9 Å². The third-order valence-electron chi connectivity index (χ3n) is 5.44. The Morgan fingerprint density at radius 3 is 2.47 bits per heavy atom. The molecule has 1 saturated heterocycles. The highest BCUT2D eigenvalue weighted by Gasteiger charge is 2.26. The number of likely N-dealkylation sites (tertiary alicyclic amines) is 1. The molecule has 1 aromatic carbocycles. The second kappa shape index (κ2) is 11.2. The van der Waals surface area contributed by atoms with Crippen LogP contribution in [0.25, 0.3) is 0 Å². The van der Waals surface area contributed by atoms with Crippen LogP contribution in [0.4, 0.5) is 5.69 Å². The molecule has 1 aliphatic heterocycles. The number of nitrogens with one attached hydrogen (secondary N) is 2. The molecule has 1 unspecified atom stereocenters.